The molecular formula is C26H31F3N4O4. The molecule has 3 heterocycles. The van der Waals surface area contributed by atoms with Gasteiger partial charge < -0.3 is 29.7 Å². The van der Waals surface area contributed by atoms with Crippen LogP contribution in [0.2, 0.25) is 0 Å². The molecule has 2 N–H and O–H groups in total. The van der Waals surface area contributed by atoms with Crippen LogP contribution in [0.4, 0.5) is 29.5 Å². The zero-order valence-electron chi connectivity index (χ0n) is 20.9. The predicted molar refractivity (Wildman–Crippen MR) is 134 cm³/mol. The van der Waals surface area contributed by atoms with E-state index < -0.39 is 17.8 Å². The molecule has 1 aromatic heterocycles. The molecule has 0 spiro atoms. The van der Waals surface area contributed by atoms with Crippen molar-refractivity contribution in [1.82, 2.24) is 9.88 Å². The first-order chi connectivity index (χ1) is 17.7. The van der Waals surface area contributed by atoms with E-state index >= 15 is 0 Å². The molecule has 0 unspecified atom stereocenters. The fourth-order valence-electron chi connectivity index (χ4n) is 4.38. The number of aryl methyl sites for hydroxylation is 1. The van der Waals surface area contributed by atoms with Crippen LogP contribution in [0.25, 0.3) is 11.1 Å². The summed E-state index contributed by atoms with van der Waals surface area (Å²) in [5, 5.41) is 12.0. The Labute approximate surface area is 213 Å². The number of nitrogens with zero attached hydrogens (tertiary/aromatic N) is 3. The van der Waals surface area contributed by atoms with E-state index in [1.165, 1.54) is 4.90 Å². The van der Waals surface area contributed by atoms with E-state index in [1.807, 2.05) is 25.1 Å². The summed E-state index contributed by atoms with van der Waals surface area (Å²) in [4.78, 5) is 20.9. The Hall–Kier alpha value is -3.31. The van der Waals surface area contributed by atoms with E-state index in [9.17, 15) is 23.1 Å². The lowest BCUT2D eigenvalue weighted by Gasteiger charge is -2.28. The average Bonchev–Trinajstić information content (AvgIpc) is 3.38. The van der Waals surface area contributed by atoms with Gasteiger partial charge in [0.15, 0.2) is 0 Å². The summed E-state index contributed by atoms with van der Waals surface area (Å²) in [5.41, 5.74) is 2.75. The monoisotopic (exact) mass is 520 g/mol. The van der Waals surface area contributed by atoms with Crippen molar-refractivity contribution in [3.63, 3.8) is 0 Å². The van der Waals surface area contributed by atoms with Gasteiger partial charge in [0.05, 0.1) is 19.8 Å². The second-order valence-electron chi connectivity index (χ2n) is 9.08. The van der Waals surface area contributed by atoms with Crippen LogP contribution in [0.5, 0.6) is 5.88 Å². The number of carbonyl (C=O) groups excluding carboxylic acids is 1. The average molecular weight is 521 g/mol. The number of morpholine rings is 1. The number of hydrogen-bond donors (Lipinski definition) is 2. The van der Waals surface area contributed by atoms with Crippen LogP contribution < -0.4 is 15.0 Å². The Morgan fingerprint density at radius 1 is 1.19 bits per heavy atom. The number of allylic oxidation sites excluding steroid dienone is 1. The summed E-state index contributed by atoms with van der Waals surface area (Å²) in [5.74, 6) is 1.09. The molecular weight excluding hydrogens is 489 g/mol. The zero-order chi connectivity index (χ0) is 26.6. The Morgan fingerprint density at radius 2 is 1.95 bits per heavy atom. The molecule has 2 aromatic rings. The SMILES string of the molecule is C/C(=C1/CCN(C(=O)Nc2ccc(C)c(-c3cc(OCCO)nc(N4CCOCC4)c3)c2)C1)C(F)(F)F. The van der Waals surface area contributed by atoms with Gasteiger partial charge in [-0.2, -0.15) is 18.2 Å². The van der Waals surface area contributed by atoms with Crippen LogP contribution in [0.15, 0.2) is 41.5 Å². The number of amides is 2. The van der Waals surface area contributed by atoms with Crippen LogP contribution in [0.3, 0.4) is 0 Å². The van der Waals surface area contributed by atoms with Crippen molar-refractivity contribution in [3.8, 4) is 17.0 Å². The zero-order valence-corrected chi connectivity index (χ0v) is 20.9. The van der Waals surface area contributed by atoms with Crippen molar-refractivity contribution in [2.45, 2.75) is 26.4 Å². The molecule has 8 nitrogen and oxygen atoms in total. The highest BCUT2D eigenvalue weighted by atomic mass is 19.4. The van der Waals surface area contributed by atoms with Gasteiger partial charge in [-0.15, -0.1) is 0 Å². The molecule has 0 atom stereocenters. The highest BCUT2D eigenvalue weighted by Crippen LogP contribution is 2.34. The number of pyridine rings is 1. The Morgan fingerprint density at radius 3 is 2.65 bits per heavy atom. The van der Waals surface area contributed by atoms with Crippen molar-refractivity contribution >= 4 is 17.5 Å². The normalized spacial score (nSPS) is 17.7. The minimum atomic E-state index is -4.39. The van der Waals surface area contributed by atoms with E-state index in [0.29, 0.717) is 37.9 Å². The Balaban J connectivity index is 1.57. The number of alkyl halides is 3. The molecule has 0 radical (unpaired) electrons. The van der Waals surface area contributed by atoms with E-state index in [4.69, 9.17) is 9.47 Å². The lowest BCUT2D eigenvalue weighted by molar-refractivity contribution is -0.0922. The molecule has 0 saturated carbocycles. The van der Waals surface area contributed by atoms with Gasteiger partial charge in [0, 0.05) is 43.5 Å². The maximum atomic E-state index is 13.1. The number of nitrogens with one attached hydrogen (secondary N) is 1. The quantitative estimate of drug-likeness (QED) is 0.550. The number of rotatable bonds is 6. The van der Waals surface area contributed by atoms with Gasteiger partial charge in [-0.1, -0.05) is 6.07 Å². The molecule has 0 aliphatic carbocycles. The molecule has 2 fully saturated rings. The van der Waals surface area contributed by atoms with Gasteiger partial charge in [-0.05, 0) is 60.7 Å². The second-order valence-corrected chi connectivity index (χ2v) is 9.08. The summed E-state index contributed by atoms with van der Waals surface area (Å²) in [6.07, 6.45) is -4.19. The highest BCUT2D eigenvalue weighted by molar-refractivity contribution is 5.91. The molecule has 37 heavy (non-hydrogen) atoms. The molecule has 2 aliphatic rings. The van der Waals surface area contributed by atoms with E-state index in [-0.39, 0.29) is 38.3 Å². The number of ether oxygens (including phenoxy) is 2. The Kier molecular flexibility index (Phi) is 8.23. The number of halogens is 3. The van der Waals surface area contributed by atoms with Crippen molar-refractivity contribution in [3.05, 3.63) is 47.0 Å². The van der Waals surface area contributed by atoms with Crippen molar-refractivity contribution in [1.29, 1.82) is 0 Å². The lowest BCUT2D eigenvalue weighted by atomic mass is 10.0. The van der Waals surface area contributed by atoms with Crippen LogP contribution in [0, 0.1) is 6.92 Å². The van der Waals surface area contributed by atoms with Crippen molar-refractivity contribution in [2.24, 2.45) is 0 Å². The van der Waals surface area contributed by atoms with Gasteiger partial charge in [0.1, 0.15) is 12.4 Å². The molecule has 2 aliphatic heterocycles. The third kappa shape index (κ3) is 6.53. The molecule has 11 heteroatoms. The number of benzene rings is 1. The summed E-state index contributed by atoms with van der Waals surface area (Å²) < 4.78 is 50.2. The van der Waals surface area contributed by atoms with Gasteiger partial charge in [0.2, 0.25) is 5.88 Å². The smallest absolute Gasteiger partial charge is 0.412 e. The van der Waals surface area contributed by atoms with Gasteiger partial charge in [0.25, 0.3) is 0 Å². The summed E-state index contributed by atoms with van der Waals surface area (Å²) >= 11 is 0. The Bertz CT molecular complexity index is 1160. The molecule has 200 valence electrons. The standard InChI is InChI=1S/C26H31F3N4O4/c1-17-3-4-21(30-25(35)33-6-5-19(16-33)18(2)26(27,28)29)15-22(17)20-13-23(32-7-10-36-11-8-32)31-24(14-20)37-12-9-34/h3-4,13-15,34H,5-12,16H2,1-2H3,(H,30,35)/b19-18+. The van der Waals surface area contributed by atoms with Gasteiger partial charge in [-0.25, -0.2) is 4.79 Å². The van der Waals surface area contributed by atoms with Crippen LogP contribution in [-0.2, 0) is 4.74 Å². The maximum Gasteiger partial charge on any atom is 0.412 e. The van der Waals surface area contributed by atoms with E-state index in [0.717, 1.165) is 29.4 Å². The number of carbonyl (C=O) groups is 1. The maximum absolute atomic E-state index is 13.1. The van der Waals surface area contributed by atoms with Gasteiger partial charge >= 0.3 is 12.2 Å². The summed E-state index contributed by atoms with van der Waals surface area (Å²) in [6, 6.07) is 8.74. The number of aliphatic hydroxyl groups is 1. The molecule has 1 aromatic carbocycles. The van der Waals surface area contributed by atoms with Crippen molar-refractivity contribution in [2.75, 3.05) is 62.8 Å². The third-order valence-corrected chi connectivity index (χ3v) is 6.57. The lowest BCUT2D eigenvalue weighted by Crippen LogP contribution is -2.36. The summed E-state index contributed by atoms with van der Waals surface area (Å²) in [6.45, 7) is 5.70. The molecule has 2 amide bonds. The summed E-state index contributed by atoms with van der Waals surface area (Å²) in [7, 11) is 0. The van der Waals surface area contributed by atoms with Crippen molar-refractivity contribution < 1.29 is 32.5 Å². The molecule has 0 bridgehead atoms. The first kappa shape index (κ1) is 26.7. The van der Waals surface area contributed by atoms with Crippen LogP contribution >= 0.6 is 0 Å². The minimum Gasteiger partial charge on any atom is -0.475 e. The van der Waals surface area contributed by atoms with E-state index in [1.54, 1.807) is 12.1 Å². The number of anilines is 2. The van der Waals surface area contributed by atoms with Crippen LogP contribution in [-0.4, -0.2) is 79.8 Å². The fourth-order valence-corrected chi connectivity index (χ4v) is 4.38. The first-order valence-corrected chi connectivity index (χ1v) is 12.2. The van der Waals surface area contributed by atoms with E-state index in [2.05, 4.69) is 15.2 Å². The number of urea groups is 1. The largest absolute Gasteiger partial charge is 0.475 e. The second kappa shape index (κ2) is 11.4. The molecule has 4 rings (SSSR count). The first-order valence-electron chi connectivity index (χ1n) is 12.2. The fraction of sp³-hybridized carbons (Fsp3) is 0.462. The number of hydrogen-bond acceptors (Lipinski definition) is 6. The minimum absolute atomic E-state index is 0.0469. The number of aromatic nitrogens is 1. The third-order valence-electron chi connectivity index (χ3n) is 6.57. The van der Waals surface area contributed by atoms with Gasteiger partial charge in [-0.3, -0.25) is 0 Å². The predicted octanol–water partition coefficient (Wildman–Crippen LogP) is 4.38. The highest BCUT2D eigenvalue weighted by Gasteiger charge is 2.35. The molecule has 2 saturated heterocycles. The topological polar surface area (TPSA) is 87.2 Å². The van der Waals surface area contributed by atoms with Crippen LogP contribution in [0.1, 0.15) is 18.9 Å². The number of aliphatic hydroxyl groups excluding tert-OH is 1. The number of likely N-dealkylation sites (tertiary alicyclic amines) is 1.